The van der Waals surface area contributed by atoms with E-state index < -0.39 is 14.8 Å². The molecule has 1 aliphatic rings. The predicted octanol–water partition coefficient (Wildman–Crippen LogP) is 5.89. The zero-order valence-corrected chi connectivity index (χ0v) is 18.0. The molecule has 152 valence electrons. The third-order valence-corrected chi connectivity index (χ3v) is 7.62. The van der Waals surface area contributed by atoms with Crippen molar-refractivity contribution in [2.45, 2.75) is 70.1 Å². The number of rotatable bonds is 6. The fourth-order valence-corrected chi connectivity index (χ4v) is 4.38. The van der Waals surface area contributed by atoms with Gasteiger partial charge in [0.25, 0.3) is 0 Å². The lowest BCUT2D eigenvalue weighted by atomic mass is 9.83. The van der Waals surface area contributed by atoms with Gasteiger partial charge in [-0.2, -0.15) is 0 Å². The lowest BCUT2D eigenvalue weighted by Crippen LogP contribution is -2.33. The Morgan fingerprint density at radius 2 is 1.57 bits per heavy atom. The quantitative estimate of drug-likeness (QED) is 0.636. The van der Waals surface area contributed by atoms with Gasteiger partial charge in [0.2, 0.25) is 10.0 Å². The highest BCUT2D eigenvalue weighted by Crippen LogP contribution is 2.36. The first-order chi connectivity index (χ1) is 13.3. The topological polar surface area (TPSA) is 58.2 Å². The van der Waals surface area contributed by atoms with Crippen molar-refractivity contribution < 1.29 is 8.42 Å². The van der Waals surface area contributed by atoms with Gasteiger partial charge in [-0.1, -0.05) is 49.6 Å². The van der Waals surface area contributed by atoms with Gasteiger partial charge >= 0.3 is 0 Å². The third kappa shape index (κ3) is 5.07. The molecule has 3 rings (SSSR count). The van der Waals surface area contributed by atoms with Gasteiger partial charge in [0, 0.05) is 17.9 Å². The van der Waals surface area contributed by atoms with Crippen LogP contribution in [-0.4, -0.2) is 13.2 Å². The Bertz CT molecular complexity index is 878. The standard InChI is InChI=1S/C23H32N2O2S/c1-23(2,3)28(26,27)25-20-15-13-18(14-16-20)17-24-22-12-8-7-11-21(22)19-9-5-4-6-10-19/h7-8,11-16,19,24-25H,4-6,9-10,17H2,1-3H3. The second-order valence-corrected chi connectivity index (χ2v) is 11.1. The highest BCUT2D eigenvalue weighted by atomic mass is 32.2. The zero-order valence-electron chi connectivity index (χ0n) is 17.2. The van der Waals surface area contributed by atoms with Crippen LogP contribution in [0.4, 0.5) is 11.4 Å². The van der Waals surface area contributed by atoms with E-state index in [1.807, 2.05) is 24.3 Å². The van der Waals surface area contributed by atoms with E-state index in [9.17, 15) is 8.42 Å². The van der Waals surface area contributed by atoms with E-state index in [4.69, 9.17) is 0 Å². The zero-order chi connectivity index (χ0) is 20.2. The van der Waals surface area contributed by atoms with E-state index in [0.29, 0.717) is 11.6 Å². The first kappa shape index (κ1) is 20.7. The Morgan fingerprint density at radius 1 is 0.929 bits per heavy atom. The molecule has 0 unspecified atom stereocenters. The van der Waals surface area contributed by atoms with Crippen LogP contribution in [0.3, 0.4) is 0 Å². The number of hydrogen-bond donors (Lipinski definition) is 2. The first-order valence-electron chi connectivity index (χ1n) is 10.2. The van der Waals surface area contributed by atoms with Gasteiger partial charge in [0.15, 0.2) is 0 Å². The minimum absolute atomic E-state index is 0.598. The molecule has 2 aromatic rings. The van der Waals surface area contributed by atoms with Crippen LogP contribution in [0.5, 0.6) is 0 Å². The summed E-state index contributed by atoms with van der Waals surface area (Å²) in [5.74, 6) is 0.659. The van der Waals surface area contributed by atoms with Gasteiger partial charge in [0.1, 0.15) is 0 Å². The van der Waals surface area contributed by atoms with Crippen LogP contribution >= 0.6 is 0 Å². The maximum absolute atomic E-state index is 12.3. The van der Waals surface area contributed by atoms with Crippen molar-refractivity contribution in [2.75, 3.05) is 10.0 Å². The van der Waals surface area contributed by atoms with Gasteiger partial charge in [0.05, 0.1) is 4.75 Å². The summed E-state index contributed by atoms with van der Waals surface area (Å²) in [5, 5.41) is 3.58. The second-order valence-electron chi connectivity index (χ2n) is 8.69. The normalized spacial score (nSPS) is 16.0. The van der Waals surface area contributed by atoms with Crippen molar-refractivity contribution in [3.8, 4) is 0 Å². The van der Waals surface area contributed by atoms with Gasteiger partial charge in [-0.15, -0.1) is 0 Å². The number of sulfonamides is 1. The molecule has 4 nitrogen and oxygen atoms in total. The molecule has 0 bridgehead atoms. The lowest BCUT2D eigenvalue weighted by molar-refractivity contribution is 0.444. The molecule has 0 atom stereocenters. The van der Waals surface area contributed by atoms with Crippen LogP contribution in [0.15, 0.2) is 48.5 Å². The SMILES string of the molecule is CC(C)(C)S(=O)(=O)Nc1ccc(CNc2ccccc2C2CCCCC2)cc1. The molecule has 0 radical (unpaired) electrons. The van der Waals surface area contributed by atoms with Crippen LogP contribution in [0.25, 0.3) is 0 Å². The van der Waals surface area contributed by atoms with Crippen LogP contribution in [0, 0.1) is 0 Å². The van der Waals surface area contributed by atoms with E-state index in [0.717, 1.165) is 12.1 Å². The minimum Gasteiger partial charge on any atom is -0.381 e. The van der Waals surface area contributed by atoms with Crippen molar-refractivity contribution in [1.29, 1.82) is 0 Å². The number of nitrogens with one attached hydrogen (secondary N) is 2. The maximum Gasteiger partial charge on any atom is 0.237 e. The molecule has 2 N–H and O–H groups in total. The molecule has 1 aliphatic carbocycles. The second kappa shape index (κ2) is 8.56. The van der Waals surface area contributed by atoms with E-state index in [1.54, 1.807) is 20.8 Å². The molecular formula is C23H32N2O2S. The van der Waals surface area contributed by atoms with Gasteiger partial charge in [-0.3, -0.25) is 4.72 Å². The molecule has 1 fully saturated rings. The molecule has 0 amide bonds. The molecule has 0 heterocycles. The van der Waals surface area contributed by atoms with Crippen molar-refractivity contribution >= 4 is 21.4 Å². The lowest BCUT2D eigenvalue weighted by Gasteiger charge is -2.24. The average Bonchev–Trinajstić information content (AvgIpc) is 2.67. The Morgan fingerprint density at radius 3 is 2.21 bits per heavy atom. The number of hydrogen-bond acceptors (Lipinski definition) is 3. The monoisotopic (exact) mass is 400 g/mol. The van der Waals surface area contributed by atoms with Crippen molar-refractivity contribution in [3.63, 3.8) is 0 Å². The van der Waals surface area contributed by atoms with E-state index in [1.165, 1.54) is 43.4 Å². The Balaban J connectivity index is 1.64. The van der Waals surface area contributed by atoms with Gasteiger partial charge < -0.3 is 5.32 Å². The smallest absolute Gasteiger partial charge is 0.237 e. The maximum atomic E-state index is 12.3. The fourth-order valence-electron chi connectivity index (χ4n) is 3.62. The van der Waals surface area contributed by atoms with Crippen LogP contribution in [-0.2, 0) is 16.6 Å². The van der Waals surface area contributed by atoms with Crippen LogP contribution in [0.1, 0.15) is 69.9 Å². The molecule has 0 aromatic heterocycles. The van der Waals surface area contributed by atoms with E-state index in [2.05, 4.69) is 34.3 Å². The average molecular weight is 401 g/mol. The predicted molar refractivity (Wildman–Crippen MR) is 118 cm³/mol. The molecule has 0 spiro atoms. The summed E-state index contributed by atoms with van der Waals surface area (Å²) in [4.78, 5) is 0. The van der Waals surface area contributed by atoms with Crippen LogP contribution in [0.2, 0.25) is 0 Å². The summed E-state index contributed by atoms with van der Waals surface area (Å²) in [5.41, 5.74) is 4.36. The highest BCUT2D eigenvalue weighted by Gasteiger charge is 2.28. The molecule has 2 aromatic carbocycles. The van der Waals surface area contributed by atoms with Crippen molar-refractivity contribution in [3.05, 3.63) is 59.7 Å². The molecule has 5 heteroatoms. The third-order valence-electron chi connectivity index (χ3n) is 5.50. The first-order valence-corrected chi connectivity index (χ1v) is 11.7. The van der Waals surface area contributed by atoms with Gasteiger partial charge in [-0.05, 0) is 68.9 Å². The minimum atomic E-state index is -3.40. The summed E-state index contributed by atoms with van der Waals surface area (Å²) < 4.78 is 26.4. The van der Waals surface area contributed by atoms with E-state index >= 15 is 0 Å². The summed E-state index contributed by atoms with van der Waals surface area (Å²) >= 11 is 0. The summed E-state index contributed by atoms with van der Waals surface area (Å²) in [6.45, 7) is 5.79. The summed E-state index contributed by atoms with van der Waals surface area (Å²) in [7, 11) is -3.40. The number of anilines is 2. The summed E-state index contributed by atoms with van der Waals surface area (Å²) in [6, 6.07) is 16.2. The molecular weight excluding hydrogens is 368 g/mol. The fraction of sp³-hybridized carbons (Fsp3) is 0.478. The molecule has 1 saturated carbocycles. The Kier molecular flexibility index (Phi) is 6.33. The molecule has 28 heavy (non-hydrogen) atoms. The Labute approximate surface area is 169 Å². The highest BCUT2D eigenvalue weighted by molar-refractivity contribution is 7.94. The Hall–Kier alpha value is -2.01. The molecule has 0 saturated heterocycles. The molecule has 0 aliphatic heterocycles. The van der Waals surface area contributed by atoms with Crippen LogP contribution < -0.4 is 10.0 Å². The van der Waals surface area contributed by atoms with Gasteiger partial charge in [-0.25, -0.2) is 8.42 Å². The number of para-hydroxylation sites is 1. The number of benzene rings is 2. The summed E-state index contributed by atoms with van der Waals surface area (Å²) in [6.07, 6.45) is 6.57. The van der Waals surface area contributed by atoms with E-state index in [-0.39, 0.29) is 0 Å². The van der Waals surface area contributed by atoms with Crippen molar-refractivity contribution in [2.24, 2.45) is 0 Å². The van der Waals surface area contributed by atoms with Crippen molar-refractivity contribution in [1.82, 2.24) is 0 Å². The largest absolute Gasteiger partial charge is 0.381 e.